The summed E-state index contributed by atoms with van der Waals surface area (Å²) < 4.78 is 15.6. The molecule has 57 heavy (non-hydrogen) atoms. The second kappa shape index (κ2) is 12.3. The van der Waals surface area contributed by atoms with E-state index in [0.717, 1.165) is 88.4 Å². The van der Waals surface area contributed by atoms with Crippen LogP contribution in [0.15, 0.2) is 191 Å². The summed E-state index contributed by atoms with van der Waals surface area (Å²) in [6.45, 7) is 0. The van der Waals surface area contributed by atoms with Gasteiger partial charge in [-0.1, -0.05) is 127 Å². The molecule has 4 aromatic heterocycles. The minimum atomic E-state index is 0.559. The Hall–Kier alpha value is -7.83. The van der Waals surface area contributed by atoms with Crippen molar-refractivity contribution in [3.05, 3.63) is 182 Å². The summed E-state index contributed by atoms with van der Waals surface area (Å²) in [7, 11) is 0. The third kappa shape index (κ3) is 4.94. The number of hydrogen-bond acceptors (Lipinski definition) is 5. The van der Waals surface area contributed by atoms with Gasteiger partial charge in [-0.2, -0.15) is 0 Å². The van der Waals surface area contributed by atoms with E-state index in [1.165, 1.54) is 10.8 Å². The number of benzene rings is 8. The van der Waals surface area contributed by atoms with Crippen molar-refractivity contribution in [2.45, 2.75) is 0 Å². The zero-order valence-corrected chi connectivity index (χ0v) is 30.4. The lowest BCUT2D eigenvalue weighted by molar-refractivity contribution is 0.669. The van der Waals surface area contributed by atoms with E-state index in [1.54, 1.807) is 0 Å². The van der Waals surface area contributed by atoms with Gasteiger partial charge in [0.2, 0.25) is 0 Å². The fraction of sp³-hybridized carbons (Fsp3) is 0. The maximum absolute atomic E-state index is 6.76. The molecule has 0 aliphatic rings. The molecule has 0 saturated heterocycles. The molecule has 12 rings (SSSR count). The van der Waals surface area contributed by atoms with E-state index in [9.17, 15) is 0 Å². The van der Waals surface area contributed by atoms with Gasteiger partial charge in [0.1, 0.15) is 22.3 Å². The van der Waals surface area contributed by atoms with Crippen molar-refractivity contribution >= 4 is 65.7 Å². The predicted octanol–water partition coefficient (Wildman–Crippen LogP) is 13.4. The lowest BCUT2D eigenvalue weighted by Crippen LogP contribution is -2.00. The molecular weight excluding hydrogens is 701 g/mol. The maximum Gasteiger partial charge on any atom is 0.167 e. The Bertz CT molecular complexity index is 3410. The summed E-state index contributed by atoms with van der Waals surface area (Å²) >= 11 is 0. The zero-order chi connectivity index (χ0) is 37.5. The van der Waals surface area contributed by atoms with Crippen LogP contribution >= 0.6 is 0 Å². The Balaban J connectivity index is 1.01. The van der Waals surface area contributed by atoms with Gasteiger partial charge in [-0.15, -0.1) is 0 Å². The van der Waals surface area contributed by atoms with Crippen LogP contribution in [-0.2, 0) is 0 Å². The lowest BCUT2D eigenvalue weighted by atomic mass is 10.0. The molecule has 8 aromatic carbocycles. The first-order valence-corrected chi connectivity index (χ1v) is 19.0. The molecule has 266 valence electrons. The van der Waals surface area contributed by atoms with E-state index in [4.69, 9.17) is 23.8 Å². The van der Waals surface area contributed by atoms with Crippen molar-refractivity contribution in [3.8, 4) is 51.0 Å². The molecule has 4 heterocycles. The number of furan rings is 2. The molecule has 0 N–H and O–H groups in total. The molecule has 6 nitrogen and oxygen atoms in total. The average Bonchev–Trinajstić information content (AvgIpc) is 3.96. The summed E-state index contributed by atoms with van der Waals surface area (Å²) in [5.41, 5.74) is 11.4. The first-order chi connectivity index (χ1) is 28.2. The molecule has 0 unspecified atom stereocenters. The minimum Gasteiger partial charge on any atom is -0.456 e. The molecule has 0 amide bonds. The molecule has 0 spiro atoms. The van der Waals surface area contributed by atoms with E-state index >= 15 is 0 Å². The molecule has 12 aromatic rings. The van der Waals surface area contributed by atoms with Gasteiger partial charge in [0.05, 0.1) is 27.7 Å². The number of rotatable bonds is 5. The van der Waals surface area contributed by atoms with Crippen LogP contribution in [0.4, 0.5) is 0 Å². The Kier molecular flexibility index (Phi) is 6.83. The molecule has 6 heteroatoms. The Morgan fingerprint density at radius 3 is 1.67 bits per heavy atom. The van der Waals surface area contributed by atoms with Crippen molar-refractivity contribution in [2.24, 2.45) is 0 Å². The fourth-order valence-corrected chi connectivity index (χ4v) is 8.44. The van der Waals surface area contributed by atoms with Crippen LogP contribution in [0.3, 0.4) is 0 Å². The van der Waals surface area contributed by atoms with Gasteiger partial charge in [0.15, 0.2) is 17.5 Å². The fourth-order valence-electron chi connectivity index (χ4n) is 8.44. The van der Waals surface area contributed by atoms with Gasteiger partial charge < -0.3 is 13.4 Å². The second-order valence-corrected chi connectivity index (χ2v) is 14.4. The van der Waals surface area contributed by atoms with Crippen LogP contribution in [-0.4, -0.2) is 19.5 Å². The summed E-state index contributed by atoms with van der Waals surface area (Å²) in [6, 6.07) is 62.7. The maximum atomic E-state index is 6.76. The standard InChI is InChI=1S/C51H30N4O2/c1-3-13-31(14-4-1)49-52-50(32-15-5-2-6-16-32)54-51(53-49)39-20-11-19-38-37-27-25-34(30-46(37)57-48(38)39)33-26-28-44-40(29-33)47-43(23-12-24-45(47)56-44)55-41-21-9-7-17-35(41)36-18-8-10-22-42(36)55/h1-30H. The van der Waals surface area contributed by atoms with Crippen LogP contribution in [0.1, 0.15) is 0 Å². The topological polar surface area (TPSA) is 69.9 Å². The average molecular weight is 731 g/mol. The van der Waals surface area contributed by atoms with Crippen molar-refractivity contribution in [3.63, 3.8) is 0 Å². The molecule has 0 aliphatic carbocycles. The van der Waals surface area contributed by atoms with Crippen LogP contribution in [0.5, 0.6) is 0 Å². The zero-order valence-electron chi connectivity index (χ0n) is 30.4. The normalized spacial score (nSPS) is 11.9. The highest BCUT2D eigenvalue weighted by atomic mass is 16.3. The van der Waals surface area contributed by atoms with E-state index in [1.807, 2.05) is 72.8 Å². The number of hydrogen-bond donors (Lipinski definition) is 0. The number of aromatic nitrogens is 4. The Labute approximate surface area is 325 Å². The van der Waals surface area contributed by atoms with Gasteiger partial charge in [0, 0.05) is 38.1 Å². The van der Waals surface area contributed by atoms with E-state index in [-0.39, 0.29) is 0 Å². The summed E-state index contributed by atoms with van der Waals surface area (Å²) in [5, 5.41) is 6.63. The quantitative estimate of drug-likeness (QED) is 0.176. The van der Waals surface area contributed by atoms with Crippen molar-refractivity contribution in [2.75, 3.05) is 0 Å². The van der Waals surface area contributed by atoms with Crippen LogP contribution in [0.2, 0.25) is 0 Å². The molecule has 0 atom stereocenters. The Morgan fingerprint density at radius 2 is 0.947 bits per heavy atom. The van der Waals surface area contributed by atoms with E-state index < -0.39 is 0 Å². The summed E-state index contributed by atoms with van der Waals surface area (Å²) in [5.74, 6) is 1.78. The minimum absolute atomic E-state index is 0.559. The Morgan fingerprint density at radius 1 is 0.351 bits per heavy atom. The number of para-hydroxylation sites is 3. The van der Waals surface area contributed by atoms with Gasteiger partial charge in [-0.25, -0.2) is 15.0 Å². The second-order valence-electron chi connectivity index (χ2n) is 14.4. The molecule has 0 saturated carbocycles. The van der Waals surface area contributed by atoms with Gasteiger partial charge >= 0.3 is 0 Å². The summed E-state index contributed by atoms with van der Waals surface area (Å²) in [4.78, 5) is 14.9. The summed E-state index contributed by atoms with van der Waals surface area (Å²) in [6.07, 6.45) is 0. The largest absolute Gasteiger partial charge is 0.456 e. The van der Waals surface area contributed by atoms with Gasteiger partial charge in [0.25, 0.3) is 0 Å². The van der Waals surface area contributed by atoms with Gasteiger partial charge in [-0.05, 0) is 65.7 Å². The number of fused-ring (bicyclic) bond motifs is 9. The van der Waals surface area contributed by atoms with Crippen LogP contribution < -0.4 is 0 Å². The first kappa shape index (κ1) is 31.5. The van der Waals surface area contributed by atoms with Crippen molar-refractivity contribution in [1.29, 1.82) is 0 Å². The monoisotopic (exact) mass is 730 g/mol. The van der Waals surface area contributed by atoms with E-state index in [2.05, 4.69) is 114 Å². The highest BCUT2D eigenvalue weighted by Crippen LogP contribution is 2.41. The first-order valence-electron chi connectivity index (χ1n) is 19.0. The van der Waals surface area contributed by atoms with Crippen molar-refractivity contribution in [1.82, 2.24) is 19.5 Å². The molecule has 0 radical (unpaired) electrons. The van der Waals surface area contributed by atoms with E-state index in [0.29, 0.717) is 17.5 Å². The lowest BCUT2D eigenvalue weighted by Gasteiger charge is -2.10. The number of nitrogens with zero attached hydrogens (tertiary/aromatic N) is 4. The smallest absolute Gasteiger partial charge is 0.167 e. The molecule has 0 aliphatic heterocycles. The van der Waals surface area contributed by atoms with Crippen LogP contribution in [0.25, 0.3) is 117 Å². The van der Waals surface area contributed by atoms with Crippen molar-refractivity contribution < 1.29 is 8.83 Å². The highest BCUT2D eigenvalue weighted by molar-refractivity contribution is 6.15. The third-order valence-electron chi connectivity index (χ3n) is 11.1. The SMILES string of the molecule is c1ccc(-c2nc(-c3ccccc3)nc(-c3cccc4c3oc3cc(-c5ccc6oc7cccc(-n8c9ccccc9c9ccccc98)c7c6c5)ccc34)n2)cc1. The molecule has 0 fully saturated rings. The third-order valence-corrected chi connectivity index (χ3v) is 11.1. The molecular formula is C51H30N4O2. The highest BCUT2D eigenvalue weighted by Gasteiger charge is 2.20. The molecule has 0 bridgehead atoms. The van der Waals surface area contributed by atoms with Crippen LogP contribution in [0, 0.1) is 0 Å². The van der Waals surface area contributed by atoms with Gasteiger partial charge in [-0.3, -0.25) is 0 Å². The predicted molar refractivity (Wildman–Crippen MR) is 230 cm³/mol.